The second-order valence-electron chi connectivity index (χ2n) is 9.85. The molecule has 0 saturated carbocycles. The van der Waals surface area contributed by atoms with Crippen molar-refractivity contribution >= 4 is 69.1 Å². The van der Waals surface area contributed by atoms with Gasteiger partial charge in [0.15, 0.2) is 9.84 Å². The van der Waals surface area contributed by atoms with Crippen LogP contribution in [0.5, 0.6) is 0 Å². The van der Waals surface area contributed by atoms with E-state index >= 15 is 0 Å². The van der Waals surface area contributed by atoms with Crippen LogP contribution in [0.3, 0.4) is 0 Å². The number of nitrogens with two attached hydrogens (primary N) is 1. The molecule has 1 aromatic heterocycles. The van der Waals surface area contributed by atoms with E-state index in [9.17, 15) is 52.4 Å². The van der Waals surface area contributed by atoms with Crippen LogP contribution in [-0.2, 0) is 45.9 Å². The van der Waals surface area contributed by atoms with E-state index in [1.54, 1.807) is 6.92 Å². The molecule has 4 rings (SSSR count). The molecule has 1 heterocycles. The summed E-state index contributed by atoms with van der Waals surface area (Å²) in [4.78, 5) is 21.6. The van der Waals surface area contributed by atoms with Gasteiger partial charge in [0.2, 0.25) is 0 Å². The summed E-state index contributed by atoms with van der Waals surface area (Å²) in [6.45, 7) is 1.74. The first-order valence-electron chi connectivity index (χ1n) is 12.9. The molecule has 0 radical (unpaired) electrons. The molecular formula is C26H27ClN4O13S4. The van der Waals surface area contributed by atoms with Gasteiger partial charge in [0, 0.05) is 28.9 Å². The second kappa shape index (κ2) is 14.6. The molecule has 0 spiro atoms. The highest BCUT2D eigenvalue weighted by Gasteiger charge is 2.25. The zero-order valence-corrected chi connectivity index (χ0v) is 28.5. The van der Waals surface area contributed by atoms with Crippen LogP contribution in [0.4, 0.5) is 11.4 Å². The summed E-state index contributed by atoms with van der Waals surface area (Å²) in [5, 5.41) is 5.03. The number of sulfone groups is 1. The standard InChI is InChI=1S/C16H17ClN2O9S3.C10H10N2O4S/c17-5-6-29(21,22)9-10-1-3-11(4-2-10)16(20)19-12-7-13(30(23,24)25)15(18)14(8-12)31(26,27)28;1-7-6-10(13)12(11-7)8-2-4-9(5-3-8)17(14,15)16/h1-4,7-8H,5-6,9,18H2,(H,19,20)(H,23,24,25)(H,26,27,28);2-6,11H,1H3,(H,14,15,16). The van der Waals surface area contributed by atoms with E-state index in [1.807, 2.05) is 0 Å². The average molecular weight is 767 g/mol. The molecule has 0 fully saturated rings. The minimum Gasteiger partial charge on any atom is -0.396 e. The number of aromatic nitrogens is 2. The van der Waals surface area contributed by atoms with E-state index in [0.29, 0.717) is 29.1 Å². The fourth-order valence-corrected chi connectivity index (χ4v) is 7.63. The highest BCUT2D eigenvalue weighted by molar-refractivity contribution is 7.90. The van der Waals surface area contributed by atoms with E-state index in [-0.39, 0.29) is 33.4 Å². The van der Waals surface area contributed by atoms with Gasteiger partial charge in [0.05, 0.1) is 27.8 Å². The SMILES string of the molecule is Cc1cc(=O)n(-c2ccc(S(=O)(=O)O)cc2)[nH]1.Nc1c(S(=O)(=O)O)cc(NC(=O)c2ccc(CS(=O)(=O)CCCl)cc2)cc1S(=O)(=O)O. The Balaban J connectivity index is 0.000000308. The predicted octanol–water partition coefficient (Wildman–Crippen LogP) is 1.89. The molecule has 0 aliphatic heterocycles. The van der Waals surface area contributed by atoms with Gasteiger partial charge in [-0.3, -0.25) is 28.3 Å². The van der Waals surface area contributed by atoms with Crippen molar-refractivity contribution in [3.63, 3.8) is 0 Å². The first kappa shape index (κ1) is 38.4. The normalized spacial score (nSPS) is 12.2. The Morgan fingerprint density at radius 2 is 1.35 bits per heavy atom. The number of carbonyl (C=O) groups excluding carboxylic acids is 1. The summed E-state index contributed by atoms with van der Waals surface area (Å²) in [6, 6.07) is 13.5. The third kappa shape index (κ3) is 10.2. The number of carbonyl (C=O) groups is 1. The number of nitrogens with one attached hydrogen (secondary N) is 2. The van der Waals surface area contributed by atoms with Crippen molar-refractivity contribution in [2.75, 3.05) is 22.7 Å². The Kier molecular flexibility index (Phi) is 11.6. The minimum absolute atomic E-state index is 0.0251. The van der Waals surface area contributed by atoms with Crippen molar-refractivity contribution in [1.29, 1.82) is 0 Å². The third-order valence-electron chi connectivity index (χ3n) is 6.15. The lowest BCUT2D eigenvalue weighted by Gasteiger charge is -2.12. The number of anilines is 2. The lowest BCUT2D eigenvalue weighted by molar-refractivity contribution is 0.102. The number of benzene rings is 3. The first-order valence-corrected chi connectivity index (χ1v) is 19.6. The summed E-state index contributed by atoms with van der Waals surface area (Å²) in [6.07, 6.45) is 0. The quantitative estimate of drug-likeness (QED) is 0.0764. The Hall–Kier alpha value is -4.09. The predicted molar refractivity (Wildman–Crippen MR) is 174 cm³/mol. The number of nitrogens with zero attached hydrogens (tertiary/aromatic N) is 1. The topological polar surface area (TPSA) is 290 Å². The largest absolute Gasteiger partial charge is 0.396 e. The zero-order valence-electron chi connectivity index (χ0n) is 24.4. The number of nitrogen functional groups attached to an aromatic ring is 1. The summed E-state index contributed by atoms with van der Waals surface area (Å²) < 4.78 is 120. The van der Waals surface area contributed by atoms with E-state index in [1.165, 1.54) is 59.3 Å². The number of hydrogen-bond donors (Lipinski definition) is 6. The average Bonchev–Trinajstić information content (AvgIpc) is 3.30. The monoisotopic (exact) mass is 766 g/mol. The number of halogens is 1. The first-order chi connectivity index (χ1) is 22.0. The lowest BCUT2D eigenvalue weighted by Crippen LogP contribution is -2.15. The highest BCUT2D eigenvalue weighted by Crippen LogP contribution is 2.30. The molecule has 0 bridgehead atoms. The molecule has 0 aliphatic rings. The van der Waals surface area contributed by atoms with Crippen molar-refractivity contribution in [3.8, 4) is 5.69 Å². The molecule has 0 unspecified atom stereocenters. The number of hydrogen-bond acceptors (Lipinski definition) is 11. The molecule has 48 heavy (non-hydrogen) atoms. The molecule has 1 amide bonds. The Morgan fingerprint density at radius 3 is 1.77 bits per heavy atom. The van der Waals surface area contributed by atoms with Crippen LogP contribution in [0.15, 0.2) is 86.2 Å². The van der Waals surface area contributed by atoms with Crippen LogP contribution in [0.25, 0.3) is 5.69 Å². The molecule has 3 aromatic carbocycles. The van der Waals surface area contributed by atoms with Gasteiger partial charge in [-0.15, -0.1) is 11.6 Å². The minimum atomic E-state index is -4.99. The van der Waals surface area contributed by atoms with Crippen molar-refractivity contribution in [2.24, 2.45) is 0 Å². The summed E-state index contributed by atoms with van der Waals surface area (Å²) in [5.41, 5.74) is 5.47. The van der Waals surface area contributed by atoms with Gasteiger partial charge in [-0.25, -0.2) is 13.1 Å². The summed E-state index contributed by atoms with van der Waals surface area (Å²) in [5.74, 6) is -1.36. The number of rotatable bonds is 10. The lowest BCUT2D eigenvalue weighted by atomic mass is 10.1. The van der Waals surface area contributed by atoms with Crippen molar-refractivity contribution in [3.05, 3.63) is 93.9 Å². The molecule has 260 valence electrons. The smallest absolute Gasteiger partial charge is 0.296 e. The van der Waals surface area contributed by atoms with Crippen molar-refractivity contribution in [2.45, 2.75) is 27.4 Å². The Labute approximate surface area is 279 Å². The molecule has 7 N–H and O–H groups in total. The van der Waals surface area contributed by atoms with E-state index in [0.717, 1.165) is 0 Å². The van der Waals surface area contributed by atoms with Crippen molar-refractivity contribution < 1.29 is 52.1 Å². The van der Waals surface area contributed by atoms with Crippen molar-refractivity contribution in [1.82, 2.24) is 9.78 Å². The number of amides is 1. The number of alkyl halides is 1. The van der Waals surface area contributed by atoms with Gasteiger partial charge >= 0.3 is 0 Å². The third-order valence-corrected chi connectivity index (χ3v) is 10.8. The van der Waals surface area contributed by atoms with Gasteiger partial charge in [0.1, 0.15) is 9.79 Å². The van der Waals surface area contributed by atoms with E-state index in [4.69, 9.17) is 21.9 Å². The fourth-order valence-electron chi connectivity index (χ4n) is 3.97. The summed E-state index contributed by atoms with van der Waals surface area (Å²) >= 11 is 5.44. The molecule has 0 aliphatic carbocycles. The maximum atomic E-state index is 12.4. The van der Waals surface area contributed by atoms with Crippen LogP contribution in [0, 0.1) is 6.92 Å². The Bertz CT molecular complexity index is 2280. The van der Waals surface area contributed by atoms with Gasteiger partial charge in [0.25, 0.3) is 41.8 Å². The maximum Gasteiger partial charge on any atom is 0.296 e. The fraction of sp³-hybridized carbons (Fsp3) is 0.154. The molecule has 22 heteroatoms. The maximum absolute atomic E-state index is 12.4. The van der Waals surface area contributed by atoms with Gasteiger partial charge in [-0.1, -0.05) is 12.1 Å². The highest BCUT2D eigenvalue weighted by atomic mass is 35.5. The number of H-pyrrole nitrogens is 1. The van der Waals surface area contributed by atoms with Crippen LogP contribution in [-0.4, -0.2) is 74.6 Å². The van der Waals surface area contributed by atoms with Crippen LogP contribution in [0.1, 0.15) is 21.6 Å². The van der Waals surface area contributed by atoms with Gasteiger partial charge in [-0.05, 0) is 61.0 Å². The van der Waals surface area contributed by atoms with E-state index in [2.05, 4.69) is 10.4 Å². The van der Waals surface area contributed by atoms with Crippen LogP contribution < -0.4 is 16.6 Å². The molecule has 4 aromatic rings. The summed E-state index contributed by atoms with van der Waals surface area (Å²) in [7, 11) is -17.6. The molecular weight excluding hydrogens is 740 g/mol. The number of aromatic amines is 1. The van der Waals surface area contributed by atoms with E-state index < -0.39 is 67.3 Å². The molecule has 17 nitrogen and oxygen atoms in total. The molecule has 0 atom stereocenters. The van der Waals surface area contributed by atoms with Gasteiger partial charge in [-0.2, -0.15) is 25.3 Å². The van der Waals surface area contributed by atoms with Crippen LogP contribution >= 0.6 is 11.6 Å². The molecule has 0 saturated heterocycles. The Morgan fingerprint density at radius 1 is 0.833 bits per heavy atom. The number of aryl methyl sites for hydroxylation is 1. The van der Waals surface area contributed by atoms with Crippen LogP contribution in [0.2, 0.25) is 0 Å². The van der Waals surface area contributed by atoms with Gasteiger partial charge < -0.3 is 11.1 Å². The second-order valence-corrected chi connectivity index (χ2v) is 16.6. The zero-order chi connectivity index (χ0) is 36.2.